The lowest BCUT2D eigenvalue weighted by Gasteiger charge is -2.03. The first-order valence-electron chi connectivity index (χ1n) is 18.0. The van der Waals surface area contributed by atoms with Crippen LogP contribution in [-0.4, -0.2) is 12.7 Å². The summed E-state index contributed by atoms with van der Waals surface area (Å²) in [5, 5.41) is 0. The summed E-state index contributed by atoms with van der Waals surface area (Å²) >= 11 is 0. The first-order valence-corrected chi connectivity index (χ1v) is 18.0. The van der Waals surface area contributed by atoms with Crippen LogP contribution in [0.4, 0.5) is 0 Å². The Morgan fingerprint density at radius 2 is 0.649 bits per heavy atom. The van der Waals surface area contributed by atoms with Crippen LogP contribution in [0.3, 0.4) is 0 Å². The lowest BCUT2D eigenvalue weighted by Crippen LogP contribution is -1.86. The van der Waals surface area contributed by atoms with Gasteiger partial charge in [-0.25, -0.2) is 0 Å². The predicted octanol–water partition coefficient (Wildman–Crippen LogP) is 13.1. The second-order valence-corrected chi connectivity index (χ2v) is 12.8. The van der Waals surface area contributed by atoms with Crippen LogP contribution in [0.25, 0.3) is 0 Å². The van der Waals surface area contributed by atoms with E-state index in [1.807, 2.05) is 0 Å². The minimum absolute atomic E-state index is 0.650. The molecule has 0 aromatic carbocycles. The second kappa shape index (κ2) is 29.0. The molecule has 1 saturated heterocycles. The zero-order valence-corrected chi connectivity index (χ0v) is 26.2. The smallest absolute Gasteiger partial charge is 0.0810 e. The summed E-state index contributed by atoms with van der Waals surface area (Å²) in [6.07, 6.45) is 46.2. The molecular weight excluding hydrogens is 448 g/mol. The molecule has 0 aromatic rings. The maximum Gasteiger partial charge on any atom is 0.0810 e. The molecule has 1 unspecified atom stereocenters. The van der Waals surface area contributed by atoms with Crippen LogP contribution in [-0.2, 0) is 4.74 Å². The van der Waals surface area contributed by atoms with Crippen molar-refractivity contribution in [3.05, 3.63) is 0 Å². The molecule has 222 valence electrons. The van der Waals surface area contributed by atoms with E-state index < -0.39 is 0 Å². The highest BCUT2D eigenvalue weighted by Gasteiger charge is 2.21. The third kappa shape index (κ3) is 30.4. The van der Waals surface area contributed by atoms with Gasteiger partial charge in [0.05, 0.1) is 12.7 Å². The van der Waals surface area contributed by atoms with Crippen LogP contribution in [0.5, 0.6) is 0 Å². The van der Waals surface area contributed by atoms with Crippen LogP contribution in [0, 0.1) is 5.92 Å². The molecule has 2 aliphatic rings. The van der Waals surface area contributed by atoms with E-state index >= 15 is 0 Å². The van der Waals surface area contributed by atoms with Crippen LogP contribution >= 0.6 is 0 Å². The summed E-state index contributed by atoms with van der Waals surface area (Å²) in [6, 6.07) is 0. The molecule has 1 heteroatoms. The minimum Gasteiger partial charge on any atom is -0.373 e. The Balaban J connectivity index is 0.000000371. The van der Waals surface area contributed by atoms with Gasteiger partial charge in [0.15, 0.2) is 0 Å². The fourth-order valence-electron chi connectivity index (χ4n) is 5.66. The fraction of sp³-hybridized carbons (Fsp3) is 1.00. The molecule has 2 rings (SSSR count). The number of unbranched alkanes of at least 4 members (excludes halogenated alkanes) is 25. The van der Waals surface area contributed by atoms with E-state index in [9.17, 15) is 0 Å². The van der Waals surface area contributed by atoms with Gasteiger partial charge in [-0.05, 0) is 12.3 Å². The SMILES string of the molecule is CCCCCCCCCCCCCCCC1CC1.CCCCCCCCCCCCCCCCC1CO1. The molecule has 1 nitrogen and oxygen atoms in total. The zero-order chi connectivity index (χ0) is 26.5. The molecule has 1 heterocycles. The predicted molar refractivity (Wildman–Crippen MR) is 168 cm³/mol. The Morgan fingerprint density at radius 1 is 0.378 bits per heavy atom. The van der Waals surface area contributed by atoms with Gasteiger partial charge in [-0.3, -0.25) is 0 Å². The molecule has 2 fully saturated rings. The molecule has 1 atom stereocenters. The maximum atomic E-state index is 5.22. The van der Waals surface area contributed by atoms with Crippen molar-refractivity contribution in [2.45, 2.75) is 219 Å². The fourth-order valence-corrected chi connectivity index (χ4v) is 5.66. The van der Waals surface area contributed by atoms with Crippen molar-refractivity contribution in [3.8, 4) is 0 Å². The number of ether oxygens (including phenoxy) is 1. The van der Waals surface area contributed by atoms with E-state index in [-0.39, 0.29) is 0 Å². The highest BCUT2D eigenvalue weighted by Crippen LogP contribution is 2.34. The van der Waals surface area contributed by atoms with E-state index in [4.69, 9.17) is 4.74 Å². The molecule has 0 bridgehead atoms. The third-order valence-electron chi connectivity index (χ3n) is 8.69. The number of epoxide rings is 1. The van der Waals surface area contributed by atoms with Gasteiger partial charge in [0, 0.05) is 0 Å². The van der Waals surface area contributed by atoms with Gasteiger partial charge in [0.1, 0.15) is 0 Å². The summed E-state index contributed by atoms with van der Waals surface area (Å²) in [6.45, 7) is 5.63. The quantitative estimate of drug-likeness (QED) is 0.0705. The summed E-state index contributed by atoms with van der Waals surface area (Å²) in [7, 11) is 0. The lowest BCUT2D eigenvalue weighted by molar-refractivity contribution is 0.387. The Labute approximate surface area is 236 Å². The first kappa shape index (κ1) is 35.0. The summed E-state index contributed by atoms with van der Waals surface area (Å²) < 4.78 is 5.22. The van der Waals surface area contributed by atoms with Crippen molar-refractivity contribution < 1.29 is 4.74 Å². The van der Waals surface area contributed by atoms with Gasteiger partial charge < -0.3 is 4.74 Å². The number of rotatable bonds is 29. The van der Waals surface area contributed by atoms with Gasteiger partial charge in [0.2, 0.25) is 0 Å². The van der Waals surface area contributed by atoms with E-state index in [0.29, 0.717) is 6.10 Å². The van der Waals surface area contributed by atoms with Crippen molar-refractivity contribution in [1.82, 2.24) is 0 Å². The van der Waals surface area contributed by atoms with E-state index in [2.05, 4.69) is 13.8 Å². The average molecular weight is 521 g/mol. The summed E-state index contributed by atoms with van der Waals surface area (Å²) in [5.41, 5.74) is 0. The topological polar surface area (TPSA) is 12.5 Å². The lowest BCUT2D eigenvalue weighted by atomic mass is 10.0. The second-order valence-electron chi connectivity index (χ2n) is 12.8. The molecular formula is C36H72O. The van der Waals surface area contributed by atoms with Crippen molar-refractivity contribution in [1.29, 1.82) is 0 Å². The van der Waals surface area contributed by atoms with Gasteiger partial charge in [-0.2, -0.15) is 0 Å². The van der Waals surface area contributed by atoms with E-state index in [0.717, 1.165) is 12.5 Å². The molecule has 1 aliphatic carbocycles. The normalized spacial score (nSPS) is 16.5. The van der Waals surface area contributed by atoms with E-state index in [1.54, 1.807) is 0 Å². The van der Waals surface area contributed by atoms with Crippen LogP contribution in [0.1, 0.15) is 213 Å². The zero-order valence-electron chi connectivity index (χ0n) is 26.2. The molecule has 0 spiro atoms. The van der Waals surface area contributed by atoms with Gasteiger partial charge in [0.25, 0.3) is 0 Å². The molecule has 1 aliphatic heterocycles. The van der Waals surface area contributed by atoms with Crippen molar-refractivity contribution in [2.75, 3.05) is 6.61 Å². The largest absolute Gasteiger partial charge is 0.373 e. The third-order valence-corrected chi connectivity index (χ3v) is 8.69. The highest BCUT2D eigenvalue weighted by atomic mass is 16.6. The number of hydrogen-bond donors (Lipinski definition) is 0. The van der Waals surface area contributed by atoms with Crippen molar-refractivity contribution >= 4 is 0 Å². The molecule has 37 heavy (non-hydrogen) atoms. The van der Waals surface area contributed by atoms with Gasteiger partial charge in [-0.1, -0.05) is 206 Å². The van der Waals surface area contributed by atoms with Crippen LogP contribution in [0.15, 0.2) is 0 Å². The Kier molecular flexibility index (Phi) is 27.4. The Hall–Kier alpha value is -0.0400. The molecule has 1 saturated carbocycles. The average Bonchev–Trinajstić information content (AvgIpc) is 3.84. The van der Waals surface area contributed by atoms with Crippen molar-refractivity contribution in [3.63, 3.8) is 0 Å². The first-order chi connectivity index (χ1) is 18.4. The van der Waals surface area contributed by atoms with Gasteiger partial charge in [-0.15, -0.1) is 0 Å². The van der Waals surface area contributed by atoms with Crippen LogP contribution in [0.2, 0.25) is 0 Å². The summed E-state index contributed by atoms with van der Waals surface area (Å²) in [5.74, 6) is 1.15. The highest BCUT2D eigenvalue weighted by molar-refractivity contribution is 4.72. The monoisotopic (exact) mass is 521 g/mol. The molecule has 0 radical (unpaired) electrons. The van der Waals surface area contributed by atoms with Crippen LogP contribution < -0.4 is 0 Å². The van der Waals surface area contributed by atoms with E-state index in [1.165, 1.54) is 199 Å². The Bertz CT molecular complexity index is 411. The molecule has 0 N–H and O–H groups in total. The van der Waals surface area contributed by atoms with Crippen molar-refractivity contribution in [2.24, 2.45) is 5.92 Å². The van der Waals surface area contributed by atoms with Gasteiger partial charge >= 0.3 is 0 Å². The Morgan fingerprint density at radius 3 is 0.919 bits per heavy atom. The molecule has 0 amide bonds. The standard InChI is InChI=1S/C18H36O.C18H36/c1-2-3-4-5-6-7-8-9-10-11-12-13-14-15-16-18-17-19-18;1-2-3-4-5-6-7-8-9-10-11-12-13-14-15-18-16-17-18/h18H,2-17H2,1H3;18H,2-17H2,1H3. The maximum absolute atomic E-state index is 5.22. The number of hydrogen-bond acceptors (Lipinski definition) is 1. The molecule has 0 aromatic heterocycles. The summed E-state index contributed by atoms with van der Waals surface area (Å²) in [4.78, 5) is 0. The minimum atomic E-state index is 0.650.